The van der Waals surface area contributed by atoms with Crippen molar-refractivity contribution in [2.45, 2.75) is 13.3 Å². The van der Waals surface area contributed by atoms with Crippen molar-refractivity contribution in [3.8, 4) is 0 Å². The molecule has 0 aliphatic carbocycles. The van der Waals surface area contributed by atoms with E-state index in [-0.39, 0.29) is 0 Å². The molecule has 0 atom stereocenters. The maximum Gasteiger partial charge on any atom is 0.244 e. The third kappa shape index (κ3) is 2.94. The highest BCUT2D eigenvalue weighted by Gasteiger charge is 2.06. The predicted molar refractivity (Wildman–Crippen MR) is 73.1 cm³/mol. The Kier molecular flexibility index (Phi) is 4.06. The molecule has 0 saturated heterocycles. The van der Waals surface area contributed by atoms with Gasteiger partial charge in [0.25, 0.3) is 0 Å². The molecule has 0 bridgehead atoms. The van der Waals surface area contributed by atoms with E-state index in [0.717, 1.165) is 24.5 Å². The van der Waals surface area contributed by atoms with Crippen molar-refractivity contribution < 1.29 is 0 Å². The number of para-hydroxylation sites is 1. The maximum atomic E-state index is 4.43. The highest BCUT2D eigenvalue weighted by atomic mass is 15.3. The molecule has 1 heterocycles. The van der Waals surface area contributed by atoms with Crippen molar-refractivity contribution in [2.75, 3.05) is 23.8 Å². The summed E-state index contributed by atoms with van der Waals surface area (Å²) in [5.74, 6) is 1.34. The first-order valence-electron chi connectivity index (χ1n) is 6.03. The van der Waals surface area contributed by atoms with Crippen LogP contribution in [0.3, 0.4) is 0 Å². The van der Waals surface area contributed by atoms with Gasteiger partial charge in [-0.3, -0.25) is 0 Å². The fraction of sp³-hybridized carbons (Fsp3) is 0.308. The van der Waals surface area contributed by atoms with Crippen LogP contribution in [0.15, 0.2) is 36.5 Å². The number of rotatable bonds is 5. The first kappa shape index (κ1) is 12.3. The van der Waals surface area contributed by atoms with Gasteiger partial charge in [0.15, 0.2) is 5.82 Å². The van der Waals surface area contributed by atoms with E-state index in [4.69, 9.17) is 0 Å². The van der Waals surface area contributed by atoms with E-state index >= 15 is 0 Å². The molecular formula is C13H17N5. The number of aromatic nitrogens is 3. The molecule has 5 nitrogen and oxygen atoms in total. The van der Waals surface area contributed by atoms with Gasteiger partial charge in [0, 0.05) is 19.3 Å². The lowest BCUT2D eigenvalue weighted by atomic mass is 10.3. The molecule has 0 fully saturated rings. The molecule has 18 heavy (non-hydrogen) atoms. The molecule has 1 aromatic carbocycles. The summed E-state index contributed by atoms with van der Waals surface area (Å²) < 4.78 is 0. The van der Waals surface area contributed by atoms with Gasteiger partial charge in [0.05, 0.1) is 6.20 Å². The van der Waals surface area contributed by atoms with Gasteiger partial charge in [-0.25, -0.2) is 0 Å². The summed E-state index contributed by atoms with van der Waals surface area (Å²) in [6, 6.07) is 10.0. The van der Waals surface area contributed by atoms with Gasteiger partial charge in [-0.05, 0) is 18.6 Å². The van der Waals surface area contributed by atoms with E-state index < -0.39 is 0 Å². The Morgan fingerprint density at radius 3 is 2.72 bits per heavy atom. The predicted octanol–water partition coefficient (Wildman–Crippen LogP) is 2.46. The maximum absolute atomic E-state index is 4.43. The number of benzene rings is 1. The lowest BCUT2D eigenvalue weighted by molar-refractivity contribution is 0.903. The van der Waals surface area contributed by atoms with Gasteiger partial charge in [0.1, 0.15) is 0 Å². The quantitative estimate of drug-likeness (QED) is 0.874. The monoisotopic (exact) mass is 243 g/mol. The number of nitrogens with one attached hydrogen (secondary N) is 1. The molecule has 1 aromatic heterocycles. The normalized spacial score (nSPS) is 10.1. The third-order valence-corrected chi connectivity index (χ3v) is 2.57. The largest absolute Gasteiger partial charge is 0.353 e. The Labute approximate surface area is 107 Å². The second kappa shape index (κ2) is 5.95. The first-order valence-corrected chi connectivity index (χ1v) is 6.03. The molecule has 2 rings (SSSR count). The summed E-state index contributed by atoms with van der Waals surface area (Å²) in [6.07, 6.45) is 2.69. The molecule has 0 saturated carbocycles. The first-order chi connectivity index (χ1) is 8.81. The standard InChI is InChI=1S/C13H17N5/c1-3-9-14-13-16-12(10-15-17-13)18(2)11-7-5-4-6-8-11/h4-8,10H,3,9H2,1-2H3,(H,14,16,17). The van der Waals surface area contributed by atoms with Crippen LogP contribution in [0.1, 0.15) is 13.3 Å². The van der Waals surface area contributed by atoms with E-state index in [1.807, 2.05) is 42.3 Å². The molecule has 94 valence electrons. The highest BCUT2D eigenvalue weighted by molar-refractivity contribution is 5.58. The van der Waals surface area contributed by atoms with Crippen molar-refractivity contribution >= 4 is 17.5 Å². The van der Waals surface area contributed by atoms with Crippen LogP contribution in [0.2, 0.25) is 0 Å². The zero-order chi connectivity index (χ0) is 12.8. The Balaban J connectivity index is 2.17. The molecule has 0 unspecified atom stereocenters. The lowest BCUT2D eigenvalue weighted by Crippen LogP contribution is -2.14. The number of hydrogen-bond acceptors (Lipinski definition) is 5. The summed E-state index contributed by atoms with van der Waals surface area (Å²) in [6.45, 7) is 2.94. The number of hydrogen-bond donors (Lipinski definition) is 1. The minimum absolute atomic E-state index is 0.567. The summed E-state index contributed by atoms with van der Waals surface area (Å²) in [7, 11) is 1.96. The van der Waals surface area contributed by atoms with Crippen LogP contribution in [-0.4, -0.2) is 28.8 Å². The molecule has 0 aliphatic heterocycles. The van der Waals surface area contributed by atoms with Gasteiger partial charge in [-0.1, -0.05) is 25.1 Å². The highest BCUT2D eigenvalue weighted by Crippen LogP contribution is 2.20. The van der Waals surface area contributed by atoms with Gasteiger partial charge < -0.3 is 10.2 Å². The van der Waals surface area contributed by atoms with E-state index in [9.17, 15) is 0 Å². The summed E-state index contributed by atoms with van der Waals surface area (Å²) in [4.78, 5) is 6.41. The van der Waals surface area contributed by atoms with Crippen molar-refractivity contribution in [3.05, 3.63) is 36.5 Å². The molecular weight excluding hydrogens is 226 g/mol. The zero-order valence-corrected chi connectivity index (χ0v) is 10.7. The molecule has 2 aromatic rings. The van der Waals surface area contributed by atoms with Crippen molar-refractivity contribution in [2.24, 2.45) is 0 Å². The Morgan fingerprint density at radius 2 is 2.00 bits per heavy atom. The fourth-order valence-corrected chi connectivity index (χ4v) is 1.55. The molecule has 1 N–H and O–H groups in total. The Hall–Kier alpha value is -2.17. The minimum Gasteiger partial charge on any atom is -0.353 e. The van der Waals surface area contributed by atoms with Crippen molar-refractivity contribution in [3.63, 3.8) is 0 Å². The van der Waals surface area contributed by atoms with Crippen LogP contribution >= 0.6 is 0 Å². The molecule has 5 heteroatoms. The second-order valence-electron chi connectivity index (χ2n) is 3.96. The van der Waals surface area contributed by atoms with Gasteiger partial charge >= 0.3 is 0 Å². The fourth-order valence-electron chi connectivity index (χ4n) is 1.55. The Bertz CT molecular complexity index is 486. The third-order valence-electron chi connectivity index (χ3n) is 2.57. The smallest absolute Gasteiger partial charge is 0.244 e. The van der Waals surface area contributed by atoms with E-state index in [1.165, 1.54) is 0 Å². The molecule has 0 amide bonds. The summed E-state index contributed by atoms with van der Waals surface area (Å²) in [5, 5.41) is 11.1. The number of nitrogens with zero attached hydrogens (tertiary/aromatic N) is 4. The SMILES string of the molecule is CCCNc1nncc(N(C)c2ccccc2)n1. The number of anilines is 3. The molecule has 0 aliphatic rings. The zero-order valence-electron chi connectivity index (χ0n) is 10.7. The Morgan fingerprint density at radius 1 is 1.22 bits per heavy atom. The van der Waals surface area contributed by atoms with E-state index in [2.05, 4.69) is 27.4 Å². The average Bonchev–Trinajstić information content (AvgIpc) is 2.45. The van der Waals surface area contributed by atoms with Gasteiger partial charge in [0.2, 0.25) is 5.95 Å². The van der Waals surface area contributed by atoms with Crippen LogP contribution in [0.25, 0.3) is 0 Å². The molecule has 0 radical (unpaired) electrons. The average molecular weight is 243 g/mol. The minimum atomic E-state index is 0.567. The van der Waals surface area contributed by atoms with Crippen LogP contribution in [-0.2, 0) is 0 Å². The van der Waals surface area contributed by atoms with Crippen LogP contribution in [0.4, 0.5) is 17.5 Å². The van der Waals surface area contributed by atoms with Crippen LogP contribution in [0, 0.1) is 0 Å². The topological polar surface area (TPSA) is 53.9 Å². The van der Waals surface area contributed by atoms with Crippen molar-refractivity contribution in [1.82, 2.24) is 15.2 Å². The van der Waals surface area contributed by atoms with E-state index in [0.29, 0.717) is 5.95 Å². The van der Waals surface area contributed by atoms with Gasteiger partial charge in [-0.15, -0.1) is 5.10 Å². The van der Waals surface area contributed by atoms with Crippen LogP contribution in [0.5, 0.6) is 0 Å². The summed E-state index contributed by atoms with van der Waals surface area (Å²) >= 11 is 0. The van der Waals surface area contributed by atoms with E-state index in [1.54, 1.807) is 6.20 Å². The second-order valence-corrected chi connectivity index (χ2v) is 3.96. The lowest BCUT2D eigenvalue weighted by Gasteiger charge is -2.17. The van der Waals surface area contributed by atoms with Crippen LogP contribution < -0.4 is 10.2 Å². The van der Waals surface area contributed by atoms with Gasteiger partial charge in [-0.2, -0.15) is 10.1 Å². The molecule has 0 spiro atoms. The summed E-state index contributed by atoms with van der Waals surface area (Å²) in [5.41, 5.74) is 1.07. The van der Waals surface area contributed by atoms with Crippen molar-refractivity contribution in [1.29, 1.82) is 0 Å².